The van der Waals surface area contributed by atoms with Gasteiger partial charge in [0.25, 0.3) is 10.0 Å². The van der Waals surface area contributed by atoms with Crippen LogP contribution in [0.25, 0.3) is 0 Å². The second-order valence-corrected chi connectivity index (χ2v) is 9.38. The molecular weight excluding hydrogens is 383 g/mol. The third-order valence-corrected chi connectivity index (χ3v) is 7.19. The number of benzene rings is 2. The van der Waals surface area contributed by atoms with E-state index in [0.717, 1.165) is 24.3 Å². The van der Waals surface area contributed by atoms with Crippen LogP contribution in [0.4, 0.5) is 15.8 Å². The van der Waals surface area contributed by atoms with E-state index in [4.69, 9.17) is 4.74 Å². The standard InChI is InChI=1S/C16H17FN2O5S2/c1-24-16-8-5-13(19-9-2-10-25(19,20)21)11-15(16)18-26(22,23)14-6-3-12(17)4-7-14/h3-8,11,18H,2,9-10H2,1H3. The SMILES string of the molecule is COc1ccc(N2CCCS2(=O)=O)cc1NS(=O)(=O)c1ccc(F)cc1. The predicted molar refractivity (Wildman–Crippen MR) is 96.0 cm³/mol. The van der Waals surface area contributed by atoms with Crippen molar-refractivity contribution in [2.75, 3.05) is 28.4 Å². The summed E-state index contributed by atoms with van der Waals surface area (Å²) in [6.07, 6.45) is 0.505. The first-order valence-corrected chi connectivity index (χ1v) is 10.8. The van der Waals surface area contributed by atoms with Gasteiger partial charge in [0.1, 0.15) is 11.6 Å². The zero-order valence-corrected chi connectivity index (χ0v) is 15.5. The molecule has 140 valence electrons. The summed E-state index contributed by atoms with van der Waals surface area (Å²) in [5.74, 6) is -0.269. The largest absolute Gasteiger partial charge is 0.495 e. The Hall–Kier alpha value is -2.33. The number of hydrogen-bond acceptors (Lipinski definition) is 5. The molecule has 1 fully saturated rings. The Morgan fingerprint density at radius 3 is 2.42 bits per heavy atom. The van der Waals surface area contributed by atoms with E-state index in [1.54, 1.807) is 6.07 Å². The van der Waals surface area contributed by atoms with E-state index in [9.17, 15) is 21.2 Å². The Morgan fingerprint density at radius 1 is 1.15 bits per heavy atom. The molecule has 2 aromatic carbocycles. The van der Waals surface area contributed by atoms with Crippen molar-refractivity contribution in [3.8, 4) is 5.75 Å². The fraction of sp³-hybridized carbons (Fsp3) is 0.250. The molecule has 7 nitrogen and oxygen atoms in total. The lowest BCUT2D eigenvalue weighted by Crippen LogP contribution is -2.25. The van der Waals surface area contributed by atoms with Crippen LogP contribution in [0.15, 0.2) is 47.4 Å². The fourth-order valence-corrected chi connectivity index (χ4v) is 5.30. The maximum absolute atomic E-state index is 13.0. The predicted octanol–water partition coefficient (Wildman–Crippen LogP) is 2.17. The first-order valence-electron chi connectivity index (χ1n) is 7.70. The molecule has 26 heavy (non-hydrogen) atoms. The van der Waals surface area contributed by atoms with Gasteiger partial charge >= 0.3 is 0 Å². The molecule has 10 heteroatoms. The van der Waals surface area contributed by atoms with Crippen LogP contribution in [0.3, 0.4) is 0 Å². The summed E-state index contributed by atoms with van der Waals surface area (Å²) < 4.78 is 71.0. The molecule has 2 aromatic rings. The summed E-state index contributed by atoms with van der Waals surface area (Å²) in [5, 5.41) is 0. The molecule has 0 aromatic heterocycles. The highest BCUT2D eigenvalue weighted by Gasteiger charge is 2.29. The highest BCUT2D eigenvalue weighted by molar-refractivity contribution is 7.93. The molecular formula is C16H17FN2O5S2. The van der Waals surface area contributed by atoms with Gasteiger partial charge in [-0.1, -0.05) is 0 Å². The van der Waals surface area contributed by atoms with E-state index >= 15 is 0 Å². The number of sulfonamides is 2. The Balaban J connectivity index is 1.98. The average molecular weight is 400 g/mol. The van der Waals surface area contributed by atoms with Crippen LogP contribution in [-0.2, 0) is 20.0 Å². The molecule has 3 rings (SSSR count). The molecule has 1 aliphatic rings. The van der Waals surface area contributed by atoms with E-state index in [2.05, 4.69) is 4.72 Å². The molecule has 0 atom stereocenters. The van der Waals surface area contributed by atoms with Crippen LogP contribution in [-0.4, -0.2) is 36.2 Å². The monoisotopic (exact) mass is 400 g/mol. The van der Waals surface area contributed by atoms with Crippen LogP contribution in [0.5, 0.6) is 5.75 Å². The van der Waals surface area contributed by atoms with Crippen LogP contribution >= 0.6 is 0 Å². The number of ether oxygens (including phenoxy) is 1. The van der Waals surface area contributed by atoms with Gasteiger partial charge in [-0.25, -0.2) is 21.2 Å². The van der Waals surface area contributed by atoms with Crippen molar-refractivity contribution < 1.29 is 26.0 Å². The highest BCUT2D eigenvalue weighted by Crippen LogP contribution is 2.34. The van der Waals surface area contributed by atoms with Crippen LogP contribution in [0, 0.1) is 5.82 Å². The molecule has 1 heterocycles. The number of methoxy groups -OCH3 is 1. The first-order chi connectivity index (χ1) is 12.2. The van der Waals surface area contributed by atoms with Gasteiger partial charge in [-0.2, -0.15) is 0 Å². The summed E-state index contributed by atoms with van der Waals surface area (Å²) in [5.41, 5.74) is 0.441. The zero-order chi connectivity index (χ0) is 18.9. The number of hydrogen-bond donors (Lipinski definition) is 1. The lowest BCUT2D eigenvalue weighted by atomic mass is 10.2. The van der Waals surface area contributed by atoms with Crippen molar-refractivity contribution in [2.45, 2.75) is 11.3 Å². The Morgan fingerprint density at radius 2 is 1.85 bits per heavy atom. The lowest BCUT2D eigenvalue weighted by molar-refractivity contribution is 0.417. The molecule has 0 unspecified atom stereocenters. The quantitative estimate of drug-likeness (QED) is 0.830. The van der Waals surface area contributed by atoms with E-state index in [-0.39, 0.29) is 22.1 Å². The third kappa shape index (κ3) is 3.61. The summed E-state index contributed by atoms with van der Waals surface area (Å²) in [6, 6.07) is 8.81. The highest BCUT2D eigenvalue weighted by atomic mass is 32.2. The van der Waals surface area contributed by atoms with Gasteiger partial charge in [-0.05, 0) is 48.9 Å². The van der Waals surface area contributed by atoms with Gasteiger partial charge in [0.15, 0.2) is 0 Å². The minimum atomic E-state index is -4.00. The Bertz CT molecular complexity index is 1020. The van der Waals surface area contributed by atoms with E-state index < -0.39 is 25.9 Å². The van der Waals surface area contributed by atoms with E-state index in [1.807, 2.05) is 0 Å². The smallest absolute Gasteiger partial charge is 0.262 e. The van der Waals surface area contributed by atoms with Gasteiger partial charge < -0.3 is 4.74 Å². The number of halogens is 1. The van der Waals surface area contributed by atoms with Gasteiger partial charge in [0.05, 0.1) is 29.1 Å². The Kier molecular flexibility index (Phi) is 4.80. The number of rotatable bonds is 5. The van der Waals surface area contributed by atoms with E-state index in [0.29, 0.717) is 18.7 Å². The van der Waals surface area contributed by atoms with Gasteiger partial charge in [-0.3, -0.25) is 9.03 Å². The second-order valence-electron chi connectivity index (χ2n) is 5.69. The van der Waals surface area contributed by atoms with Crippen molar-refractivity contribution in [1.29, 1.82) is 0 Å². The number of nitrogens with one attached hydrogen (secondary N) is 1. The molecule has 0 bridgehead atoms. The number of anilines is 2. The summed E-state index contributed by atoms with van der Waals surface area (Å²) in [7, 11) is -6.03. The molecule has 0 aliphatic carbocycles. The summed E-state index contributed by atoms with van der Waals surface area (Å²) in [4.78, 5) is -0.125. The molecule has 1 saturated heterocycles. The average Bonchev–Trinajstić information content (AvgIpc) is 2.94. The number of nitrogens with zero attached hydrogens (tertiary/aromatic N) is 1. The molecule has 0 radical (unpaired) electrons. The molecule has 0 saturated carbocycles. The van der Waals surface area contributed by atoms with Crippen molar-refractivity contribution in [3.05, 3.63) is 48.3 Å². The molecule has 1 N–H and O–H groups in total. The van der Waals surface area contributed by atoms with Crippen LogP contribution in [0.2, 0.25) is 0 Å². The maximum Gasteiger partial charge on any atom is 0.262 e. The maximum atomic E-state index is 13.0. The minimum absolute atomic E-state index is 0.0513. The summed E-state index contributed by atoms with van der Waals surface area (Å²) >= 11 is 0. The lowest BCUT2D eigenvalue weighted by Gasteiger charge is -2.19. The van der Waals surface area contributed by atoms with Crippen molar-refractivity contribution in [1.82, 2.24) is 0 Å². The molecule has 0 spiro atoms. The third-order valence-electron chi connectivity index (χ3n) is 3.94. The van der Waals surface area contributed by atoms with Gasteiger partial charge in [-0.15, -0.1) is 0 Å². The van der Waals surface area contributed by atoms with Crippen molar-refractivity contribution in [3.63, 3.8) is 0 Å². The van der Waals surface area contributed by atoms with E-state index in [1.165, 1.54) is 23.5 Å². The van der Waals surface area contributed by atoms with Crippen molar-refractivity contribution >= 4 is 31.4 Å². The summed E-state index contributed by atoms with van der Waals surface area (Å²) in [6.45, 7) is 0.332. The normalized spacial score (nSPS) is 16.5. The molecule has 0 amide bonds. The van der Waals surface area contributed by atoms with Crippen molar-refractivity contribution in [2.24, 2.45) is 0 Å². The zero-order valence-electron chi connectivity index (χ0n) is 13.8. The first kappa shape index (κ1) is 18.5. The van der Waals surface area contributed by atoms with Crippen LogP contribution < -0.4 is 13.8 Å². The molecule has 1 aliphatic heterocycles. The Labute approximate surface area is 151 Å². The van der Waals surface area contributed by atoms with Gasteiger partial charge in [0.2, 0.25) is 10.0 Å². The topological polar surface area (TPSA) is 92.8 Å². The fourth-order valence-electron chi connectivity index (χ4n) is 2.68. The minimum Gasteiger partial charge on any atom is -0.495 e. The van der Waals surface area contributed by atoms with Gasteiger partial charge in [0, 0.05) is 6.54 Å². The van der Waals surface area contributed by atoms with Crippen LogP contribution in [0.1, 0.15) is 6.42 Å². The second kappa shape index (κ2) is 6.76.